The molecule has 0 aromatic carbocycles. The lowest BCUT2D eigenvalue weighted by molar-refractivity contribution is 0.00615. The normalized spacial score (nSPS) is 25.8. The smallest absolute Gasteiger partial charge is 0.191 e. The van der Waals surface area contributed by atoms with E-state index in [9.17, 15) is 0 Å². The molecule has 2 aliphatic rings. The summed E-state index contributed by atoms with van der Waals surface area (Å²) in [6.07, 6.45) is 0. The Hall–Kier alpha value is -0.840. The average molecular weight is 174 g/mol. The Morgan fingerprint density at radius 1 is 1.50 bits per heavy atom. The van der Waals surface area contributed by atoms with Gasteiger partial charge < -0.3 is 16.0 Å². The zero-order chi connectivity index (χ0) is 7.90. The topological polar surface area (TPSA) is 53.6 Å². The first kappa shape index (κ1) is 9.25. The van der Waals surface area contributed by atoms with Crippen LogP contribution in [0.1, 0.15) is 0 Å². The molecule has 0 bridgehead atoms. The molecule has 5 heteroatoms. The van der Waals surface area contributed by atoms with Crippen LogP contribution in [0.2, 0.25) is 0 Å². The first-order chi connectivity index (χ1) is 5.26. The highest BCUT2D eigenvalue weighted by Gasteiger charge is 2.48. The van der Waals surface area contributed by atoms with Crippen LogP contribution in [0.25, 0.3) is 0 Å². The maximum atomic E-state index is 5.63. The quantitative estimate of drug-likeness (QED) is 0.365. The molecule has 0 aromatic heterocycles. The third kappa shape index (κ3) is 1.14. The van der Waals surface area contributed by atoms with E-state index >= 15 is 0 Å². The van der Waals surface area contributed by atoms with Crippen molar-refractivity contribution in [2.24, 2.45) is 16.1 Å². The van der Waals surface area contributed by atoms with Gasteiger partial charge >= 0.3 is 0 Å². The van der Waals surface area contributed by atoms with Crippen LogP contribution in [0.5, 0.6) is 0 Å². The van der Waals surface area contributed by atoms with Gasteiger partial charge in [-0.15, -0.1) is 0 Å². The number of hydrogen-bond acceptors (Lipinski definition) is 2. The van der Waals surface area contributed by atoms with Crippen LogP contribution in [0, 0.1) is 5.41 Å². The van der Waals surface area contributed by atoms with Crippen molar-refractivity contribution in [3.05, 3.63) is 0 Å². The second-order valence-electron chi connectivity index (χ2n) is 3.54. The van der Waals surface area contributed by atoms with E-state index in [0.717, 1.165) is 26.2 Å². The first-order valence-electron chi connectivity index (χ1n) is 3.94. The van der Waals surface area contributed by atoms with Crippen LogP contribution < -0.4 is 11.1 Å². The van der Waals surface area contributed by atoms with E-state index in [4.69, 9.17) is 5.73 Å². The number of rotatable bonds is 0. The summed E-state index contributed by atoms with van der Waals surface area (Å²) in [6.45, 7) is 4.48. The van der Waals surface area contributed by atoms with Crippen molar-refractivity contribution in [1.29, 1.82) is 0 Å². The van der Waals surface area contributed by atoms with E-state index in [1.807, 2.05) is 0 Å². The second kappa shape index (κ2) is 2.90. The summed E-state index contributed by atoms with van der Waals surface area (Å²) < 4.78 is 0. The summed E-state index contributed by atoms with van der Waals surface area (Å²) in [4.78, 5) is 6.06. The van der Waals surface area contributed by atoms with Crippen molar-refractivity contribution < 1.29 is 4.70 Å². The molecule has 4 nitrogen and oxygen atoms in total. The van der Waals surface area contributed by atoms with Crippen molar-refractivity contribution in [2.45, 2.75) is 0 Å². The Labute approximate surface area is 71.2 Å². The third-order valence-corrected chi connectivity index (χ3v) is 2.61. The highest BCUT2D eigenvalue weighted by molar-refractivity contribution is 5.79. The van der Waals surface area contributed by atoms with Crippen LogP contribution in [-0.2, 0) is 0 Å². The summed E-state index contributed by atoms with van der Waals surface area (Å²) in [7, 11) is 1.74. The lowest BCUT2D eigenvalue weighted by atomic mass is 9.75. The number of nitrogens with zero attached hydrogens (tertiary/aromatic N) is 2. The lowest BCUT2D eigenvalue weighted by Crippen LogP contribution is -2.72. The second-order valence-corrected chi connectivity index (χ2v) is 3.54. The molecule has 2 rings (SSSR count). The van der Waals surface area contributed by atoms with Gasteiger partial charge in [-0.2, -0.15) is 0 Å². The summed E-state index contributed by atoms with van der Waals surface area (Å²) in [6, 6.07) is 0. The van der Waals surface area contributed by atoms with Gasteiger partial charge in [0.15, 0.2) is 5.96 Å². The number of guanidine groups is 1. The maximum Gasteiger partial charge on any atom is 0.191 e. The van der Waals surface area contributed by atoms with Crippen molar-refractivity contribution in [2.75, 3.05) is 33.2 Å². The highest BCUT2D eigenvalue weighted by Crippen LogP contribution is 2.33. The number of nitrogens with two attached hydrogens (primary N) is 1. The van der Waals surface area contributed by atoms with Gasteiger partial charge in [-0.25, -0.2) is 0 Å². The molecule has 0 radical (unpaired) electrons. The van der Waals surface area contributed by atoms with Gasteiger partial charge in [0.05, 0.1) is 0 Å². The number of likely N-dealkylation sites (tertiary alicyclic amines) is 1. The largest absolute Gasteiger partial charge is 0.370 e. The van der Waals surface area contributed by atoms with E-state index in [2.05, 4.69) is 15.2 Å². The molecule has 0 aromatic rings. The molecule has 0 atom stereocenters. The van der Waals surface area contributed by atoms with E-state index in [1.54, 1.807) is 7.05 Å². The summed E-state index contributed by atoms with van der Waals surface area (Å²) in [5.74, 6) is 0.683. The van der Waals surface area contributed by atoms with E-state index in [-0.39, 0.29) is 4.70 Å². The minimum Gasteiger partial charge on any atom is -0.370 e. The predicted molar refractivity (Wildman–Crippen MR) is 46.9 cm³/mol. The molecule has 70 valence electrons. The Bertz CT molecular complexity index is 192. The van der Waals surface area contributed by atoms with Gasteiger partial charge in [0, 0.05) is 38.6 Å². The number of nitrogens with one attached hydrogen (secondary N) is 1. The van der Waals surface area contributed by atoms with Crippen LogP contribution in [0.4, 0.5) is 4.70 Å². The van der Waals surface area contributed by atoms with E-state index in [1.165, 1.54) is 0 Å². The van der Waals surface area contributed by atoms with E-state index < -0.39 is 0 Å². The Kier molecular flexibility index (Phi) is 2.23. The fourth-order valence-electron chi connectivity index (χ4n) is 1.77. The van der Waals surface area contributed by atoms with Crippen molar-refractivity contribution >= 4 is 5.96 Å². The molecule has 12 heavy (non-hydrogen) atoms. The van der Waals surface area contributed by atoms with Crippen molar-refractivity contribution in [3.63, 3.8) is 0 Å². The van der Waals surface area contributed by atoms with Crippen molar-refractivity contribution in [3.8, 4) is 0 Å². The molecule has 0 aliphatic carbocycles. The maximum absolute atomic E-state index is 5.63. The van der Waals surface area contributed by atoms with Crippen molar-refractivity contribution in [1.82, 2.24) is 10.2 Å². The average Bonchev–Trinajstić information content (AvgIpc) is 1.81. The van der Waals surface area contributed by atoms with Gasteiger partial charge in [0.25, 0.3) is 0 Å². The molecule has 2 fully saturated rings. The fraction of sp³-hybridized carbons (Fsp3) is 0.857. The van der Waals surface area contributed by atoms with Crippen LogP contribution in [0.3, 0.4) is 0 Å². The first-order valence-corrected chi connectivity index (χ1v) is 3.94. The molecule has 0 saturated carbocycles. The number of halogens is 1. The molecular weight excluding hydrogens is 159 g/mol. The molecule has 2 heterocycles. The van der Waals surface area contributed by atoms with Gasteiger partial charge in [-0.05, 0) is 0 Å². The Morgan fingerprint density at radius 2 is 2.08 bits per heavy atom. The van der Waals surface area contributed by atoms with Gasteiger partial charge in [-0.1, -0.05) is 0 Å². The minimum absolute atomic E-state index is 0. The lowest BCUT2D eigenvalue weighted by Gasteiger charge is -2.56. The van der Waals surface area contributed by atoms with E-state index in [0.29, 0.717) is 11.4 Å². The third-order valence-electron chi connectivity index (χ3n) is 2.61. The fourth-order valence-corrected chi connectivity index (χ4v) is 1.77. The van der Waals surface area contributed by atoms with Gasteiger partial charge in [0.2, 0.25) is 0 Å². The summed E-state index contributed by atoms with van der Waals surface area (Å²) in [5, 5.41) is 3.27. The molecule has 2 saturated heterocycles. The van der Waals surface area contributed by atoms with Crippen LogP contribution in [-0.4, -0.2) is 44.1 Å². The zero-order valence-corrected chi connectivity index (χ0v) is 7.21. The monoisotopic (exact) mass is 174 g/mol. The Morgan fingerprint density at radius 3 is 2.42 bits per heavy atom. The molecule has 3 N–H and O–H groups in total. The predicted octanol–water partition coefficient (Wildman–Crippen LogP) is -1.01. The minimum atomic E-state index is 0. The standard InChI is InChI=1S/C7H14N4.FH/c1-9-6(8)11-4-7(5-11)2-10-3-7;/h10H,2-5H2,1H3,(H2,8,9);1H. The molecule has 0 amide bonds. The molecule has 0 unspecified atom stereocenters. The van der Waals surface area contributed by atoms with Gasteiger partial charge in [0.1, 0.15) is 0 Å². The Balaban J connectivity index is 0.000000720. The molecule has 1 spiro atoms. The summed E-state index contributed by atoms with van der Waals surface area (Å²) in [5.41, 5.74) is 6.18. The molecule has 2 aliphatic heterocycles. The van der Waals surface area contributed by atoms with Gasteiger partial charge in [-0.3, -0.25) is 9.70 Å². The van der Waals surface area contributed by atoms with Crippen LogP contribution >= 0.6 is 0 Å². The summed E-state index contributed by atoms with van der Waals surface area (Å²) >= 11 is 0. The van der Waals surface area contributed by atoms with Crippen LogP contribution in [0.15, 0.2) is 4.99 Å². The highest BCUT2D eigenvalue weighted by atomic mass is 19.0. The molecular formula is C7H15FN4. The zero-order valence-electron chi connectivity index (χ0n) is 7.21. The SMILES string of the molecule is CN=C(N)N1CC2(CNC2)C1.F. The number of aliphatic imine (C=N–C) groups is 1. The number of hydrogen-bond donors (Lipinski definition) is 2.